The van der Waals surface area contributed by atoms with Gasteiger partial charge in [-0.1, -0.05) is 25.4 Å². The summed E-state index contributed by atoms with van der Waals surface area (Å²) in [6, 6.07) is -0.455. The molecule has 1 atom stereocenters. The van der Waals surface area contributed by atoms with Crippen LogP contribution in [-0.4, -0.2) is 27.5 Å². The van der Waals surface area contributed by atoms with E-state index in [4.69, 9.17) is 11.6 Å². The molecule has 1 aromatic rings. The predicted molar refractivity (Wildman–Crippen MR) is 69.4 cm³/mol. The molecule has 18 heavy (non-hydrogen) atoms. The second-order valence-electron chi connectivity index (χ2n) is 4.64. The van der Waals surface area contributed by atoms with Crippen molar-refractivity contribution in [3.8, 4) is 0 Å². The van der Waals surface area contributed by atoms with Crippen LogP contribution in [0.5, 0.6) is 0 Å². The molecule has 0 aromatic carbocycles. The van der Waals surface area contributed by atoms with Gasteiger partial charge in [0.15, 0.2) is 5.78 Å². The Balaban J connectivity index is 2.66. The first-order valence-corrected chi connectivity index (χ1v) is 6.18. The number of hydrogen-bond donors (Lipinski definition) is 1. The second kappa shape index (κ2) is 6.00. The number of nitrogens with one attached hydrogen (secondary N) is 1. The summed E-state index contributed by atoms with van der Waals surface area (Å²) in [6.45, 7) is 7.11. The van der Waals surface area contributed by atoms with Crippen LogP contribution >= 0.6 is 11.6 Å². The van der Waals surface area contributed by atoms with Crippen LogP contribution in [0.1, 0.15) is 26.5 Å². The largest absolute Gasteiger partial charge is 0.344 e. The number of Topliss-reactive ketones (excluding diaryl/α,β-unsaturated/α-hetero) is 1. The number of hydrogen-bond acceptors (Lipinski definition) is 3. The Hall–Kier alpha value is -1.36. The molecule has 0 saturated heterocycles. The minimum Gasteiger partial charge on any atom is -0.344 e. The number of carbonyl (C=O) groups is 2. The highest BCUT2D eigenvalue weighted by Gasteiger charge is 2.21. The van der Waals surface area contributed by atoms with E-state index >= 15 is 0 Å². The summed E-state index contributed by atoms with van der Waals surface area (Å²) in [5.41, 5.74) is 0.732. The van der Waals surface area contributed by atoms with Crippen LogP contribution in [0.3, 0.4) is 0 Å². The van der Waals surface area contributed by atoms with Crippen LogP contribution in [-0.2, 0) is 16.1 Å². The van der Waals surface area contributed by atoms with Crippen LogP contribution < -0.4 is 5.32 Å². The van der Waals surface area contributed by atoms with E-state index in [9.17, 15) is 9.59 Å². The van der Waals surface area contributed by atoms with Gasteiger partial charge in [0.05, 0.1) is 23.0 Å². The van der Waals surface area contributed by atoms with Crippen molar-refractivity contribution in [3.05, 3.63) is 16.9 Å². The van der Waals surface area contributed by atoms with Gasteiger partial charge < -0.3 is 5.32 Å². The van der Waals surface area contributed by atoms with Crippen molar-refractivity contribution in [1.29, 1.82) is 0 Å². The zero-order valence-electron chi connectivity index (χ0n) is 11.0. The Morgan fingerprint density at radius 2 is 2.11 bits per heavy atom. The van der Waals surface area contributed by atoms with Crippen LogP contribution in [0.4, 0.5) is 0 Å². The number of amides is 1. The number of carbonyl (C=O) groups excluding carboxylic acids is 2. The van der Waals surface area contributed by atoms with E-state index in [0.717, 1.165) is 5.69 Å². The standard InChI is InChI=1S/C12H18ClN3O2/c1-7(2)12(9(4)17)15-11(18)6-16-8(3)10(13)5-14-16/h5,7,12H,6H2,1-4H3,(H,15,18). The third kappa shape index (κ3) is 3.57. The van der Waals surface area contributed by atoms with Crippen LogP contribution in [0.15, 0.2) is 6.20 Å². The number of halogens is 1. The molecule has 0 aliphatic rings. The van der Waals surface area contributed by atoms with E-state index in [-0.39, 0.29) is 24.2 Å². The molecule has 1 aromatic heterocycles. The minimum absolute atomic E-state index is 0.0476. The Labute approximate surface area is 111 Å². The smallest absolute Gasteiger partial charge is 0.242 e. The lowest BCUT2D eigenvalue weighted by molar-refractivity contribution is -0.128. The molecule has 0 fully saturated rings. The van der Waals surface area contributed by atoms with Gasteiger partial charge in [-0.3, -0.25) is 14.3 Å². The molecule has 100 valence electrons. The summed E-state index contributed by atoms with van der Waals surface area (Å²) in [6.07, 6.45) is 1.50. The number of nitrogens with zero attached hydrogens (tertiary/aromatic N) is 2. The van der Waals surface area contributed by atoms with Gasteiger partial charge in [-0.05, 0) is 19.8 Å². The van der Waals surface area contributed by atoms with Gasteiger partial charge in [0, 0.05) is 0 Å². The molecule has 1 amide bonds. The van der Waals surface area contributed by atoms with Crippen molar-refractivity contribution >= 4 is 23.3 Å². The third-order valence-corrected chi connectivity index (χ3v) is 3.13. The Kier molecular flexibility index (Phi) is 4.90. The normalized spacial score (nSPS) is 12.6. The average Bonchev–Trinajstić information content (AvgIpc) is 2.57. The molecule has 0 aliphatic heterocycles. The van der Waals surface area contributed by atoms with Crippen molar-refractivity contribution in [3.63, 3.8) is 0 Å². The van der Waals surface area contributed by atoms with Gasteiger partial charge >= 0.3 is 0 Å². The summed E-state index contributed by atoms with van der Waals surface area (Å²) >= 11 is 5.85. The molecule has 0 spiro atoms. The molecular weight excluding hydrogens is 254 g/mol. The topological polar surface area (TPSA) is 64.0 Å². The maximum absolute atomic E-state index is 11.8. The highest BCUT2D eigenvalue weighted by atomic mass is 35.5. The van der Waals surface area contributed by atoms with Gasteiger partial charge in [0.2, 0.25) is 5.91 Å². The zero-order valence-corrected chi connectivity index (χ0v) is 11.8. The summed E-state index contributed by atoms with van der Waals surface area (Å²) in [5, 5.41) is 7.22. The molecule has 1 rings (SSSR count). The van der Waals surface area contributed by atoms with Crippen LogP contribution in [0.2, 0.25) is 5.02 Å². The molecule has 5 nitrogen and oxygen atoms in total. The fourth-order valence-electron chi connectivity index (χ4n) is 1.68. The van der Waals surface area contributed by atoms with E-state index in [1.54, 1.807) is 6.92 Å². The Bertz CT molecular complexity index is 454. The molecule has 0 saturated carbocycles. The molecule has 0 bridgehead atoms. The highest BCUT2D eigenvalue weighted by molar-refractivity contribution is 6.31. The molecule has 1 unspecified atom stereocenters. The van der Waals surface area contributed by atoms with E-state index < -0.39 is 6.04 Å². The molecule has 0 radical (unpaired) electrons. The summed E-state index contributed by atoms with van der Waals surface area (Å²) in [7, 11) is 0. The monoisotopic (exact) mass is 271 g/mol. The fraction of sp³-hybridized carbons (Fsp3) is 0.583. The number of ketones is 1. The maximum atomic E-state index is 11.8. The molecule has 6 heteroatoms. The van der Waals surface area contributed by atoms with Crippen molar-refractivity contribution in [2.45, 2.75) is 40.3 Å². The van der Waals surface area contributed by atoms with Crippen molar-refractivity contribution in [1.82, 2.24) is 15.1 Å². The molecule has 1 heterocycles. The molecule has 1 N–H and O–H groups in total. The lowest BCUT2D eigenvalue weighted by Crippen LogP contribution is -2.44. The van der Waals surface area contributed by atoms with E-state index in [0.29, 0.717) is 5.02 Å². The Morgan fingerprint density at radius 3 is 2.50 bits per heavy atom. The lowest BCUT2D eigenvalue weighted by Gasteiger charge is -2.19. The maximum Gasteiger partial charge on any atom is 0.242 e. The zero-order chi connectivity index (χ0) is 13.9. The quantitative estimate of drug-likeness (QED) is 0.884. The first-order chi connectivity index (χ1) is 8.32. The minimum atomic E-state index is -0.455. The van der Waals surface area contributed by atoms with E-state index in [1.165, 1.54) is 17.8 Å². The lowest BCUT2D eigenvalue weighted by atomic mass is 10.0. The van der Waals surface area contributed by atoms with Gasteiger partial charge in [-0.15, -0.1) is 0 Å². The summed E-state index contributed by atoms with van der Waals surface area (Å²) < 4.78 is 1.51. The molecular formula is C12H18ClN3O2. The predicted octanol–water partition coefficient (Wildman–Crippen LogP) is 1.57. The first-order valence-electron chi connectivity index (χ1n) is 5.80. The Morgan fingerprint density at radius 1 is 1.50 bits per heavy atom. The molecule has 0 aliphatic carbocycles. The summed E-state index contributed by atoms with van der Waals surface area (Å²) in [5.74, 6) is -0.228. The van der Waals surface area contributed by atoms with Gasteiger partial charge in [-0.2, -0.15) is 5.10 Å². The van der Waals surface area contributed by atoms with Crippen molar-refractivity contribution in [2.24, 2.45) is 5.92 Å². The highest BCUT2D eigenvalue weighted by Crippen LogP contribution is 2.13. The van der Waals surface area contributed by atoms with Crippen molar-refractivity contribution in [2.75, 3.05) is 0 Å². The SMILES string of the molecule is CC(=O)C(NC(=O)Cn1ncc(Cl)c1C)C(C)C. The third-order valence-electron chi connectivity index (χ3n) is 2.76. The number of rotatable bonds is 5. The summed E-state index contributed by atoms with van der Waals surface area (Å²) in [4.78, 5) is 23.2. The van der Waals surface area contributed by atoms with Crippen LogP contribution in [0.25, 0.3) is 0 Å². The second-order valence-corrected chi connectivity index (χ2v) is 5.04. The van der Waals surface area contributed by atoms with E-state index in [2.05, 4.69) is 10.4 Å². The van der Waals surface area contributed by atoms with E-state index in [1.807, 2.05) is 13.8 Å². The first kappa shape index (κ1) is 14.7. The van der Waals surface area contributed by atoms with Gasteiger partial charge in [0.25, 0.3) is 0 Å². The number of aromatic nitrogens is 2. The van der Waals surface area contributed by atoms with Crippen LogP contribution in [0, 0.1) is 12.8 Å². The van der Waals surface area contributed by atoms with Crippen molar-refractivity contribution < 1.29 is 9.59 Å². The van der Waals surface area contributed by atoms with Gasteiger partial charge in [0.1, 0.15) is 6.54 Å². The average molecular weight is 272 g/mol. The fourth-order valence-corrected chi connectivity index (χ4v) is 1.82. The van der Waals surface area contributed by atoms with Gasteiger partial charge in [-0.25, -0.2) is 0 Å².